The van der Waals surface area contributed by atoms with E-state index in [2.05, 4.69) is 10.3 Å². The molecule has 0 saturated carbocycles. The van der Waals surface area contributed by atoms with E-state index in [4.69, 9.17) is 17.0 Å². The molecule has 2 aromatic rings. The van der Waals surface area contributed by atoms with Crippen LogP contribution in [0.4, 0.5) is 9.18 Å². The molecular formula is C15H18FN3O3S. The number of alkyl carbamates (subject to hydrolysis) is 1. The van der Waals surface area contributed by atoms with Gasteiger partial charge in [0.05, 0.1) is 17.1 Å². The molecule has 0 bridgehead atoms. The molecule has 0 unspecified atom stereocenters. The van der Waals surface area contributed by atoms with E-state index in [1.54, 1.807) is 27.7 Å². The minimum Gasteiger partial charge on any atom is -0.444 e. The van der Waals surface area contributed by atoms with Gasteiger partial charge < -0.3 is 15.0 Å². The Morgan fingerprint density at radius 2 is 2.09 bits per heavy atom. The Balaban J connectivity index is 2.27. The summed E-state index contributed by atoms with van der Waals surface area (Å²) in [6.07, 6.45) is -0.647. The first-order chi connectivity index (χ1) is 10.6. The topological polar surface area (TPSA) is 76.1 Å². The second-order valence-corrected chi connectivity index (χ2v) is 6.55. The lowest BCUT2D eigenvalue weighted by Crippen LogP contribution is -2.44. The molecule has 2 rings (SSSR count). The van der Waals surface area contributed by atoms with Gasteiger partial charge in [0.15, 0.2) is 0 Å². The maximum Gasteiger partial charge on any atom is 0.408 e. The maximum atomic E-state index is 13.4. The Hall–Kier alpha value is -2.22. The molecule has 23 heavy (non-hydrogen) atoms. The molecule has 0 radical (unpaired) electrons. The molecule has 0 saturated heterocycles. The van der Waals surface area contributed by atoms with Crippen molar-refractivity contribution < 1.29 is 13.9 Å². The SMILES string of the molecule is C[C@H](NC(=O)OC(C)(C)C)C(=S)n1c(=O)[nH]c2ccc(F)cc21. The normalized spacial score (nSPS) is 12.9. The molecule has 0 fully saturated rings. The second kappa shape index (κ2) is 6.11. The number of H-pyrrole nitrogens is 1. The van der Waals surface area contributed by atoms with Crippen LogP contribution in [0.3, 0.4) is 0 Å². The number of carbonyl (C=O) groups is 1. The fourth-order valence-electron chi connectivity index (χ4n) is 2.03. The minimum atomic E-state index is -0.653. The zero-order valence-electron chi connectivity index (χ0n) is 13.3. The van der Waals surface area contributed by atoms with Gasteiger partial charge in [-0.05, 0) is 39.8 Å². The number of aromatic amines is 1. The summed E-state index contributed by atoms with van der Waals surface area (Å²) in [4.78, 5) is 26.6. The van der Waals surface area contributed by atoms with Crippen LogP contribution in [0.2, 0.25) is 0 Å². The van der Waals surface area contributed by atoms with Crippen LogP contribution in [0, 0.1) is 5.82 Å². The summed E-state index contributed by atoms with van der Waals surface area (Å²) in [6, 6.07) is 3.25. The van der Waals surface area contributed by atoms with Crippen LogP contribution in [-0.2, 0) is 4.74 Å². The third-order valence-corrected chi connectivity index (χ3v) is 3.51. The summed E-state index contributed by atoms with van der Waals surface area (Å²) in [5.41, 5.74) is -0.360. The second-order valence-electron chi connectivity index (χ2n) is 6.13. The van der Waals surface area contributed by atoms with Gasteiger partial charge >= 0.3 is 11.8 Å². The van der Waals surface area contributed by atoms with Gasteiger partial charge in [0, 0.05) is 6.07 Å². The van der Waals surface area contributed by atoms with Gasteiger partial charge in [-0.15, -0.1) is 0 Å². The van der Waals surface area contributed by atoms with E-state index in [1.165, 1.54) is 18.2 Å². The fourth-order valence-corrected chi connectivity index (χ4v) is 2.27. The van der Waals surface area contributed by atoms with Crippen molar-refractivity contribution in [3.05, 3.63) is 34.5 Å². The number of nitrogens with one attached hydrogen (secondary N) is 2. The van der Waals surface area contributed by atoms with Gasteiger partial charge in [0.25, 0.3) is 0 Å². The van der Waals surface area contributed by atoms with E-state index in [1.807, 2.05) is 0 Å². The van der Waals surface area contributed by atoms with Gasteiger partial charge in [-0.3, -0.25) is 4.57 Å². The lowest BCUT2D eigenvalue weighted by atomic mass is 10.2. The highest BCUT2D eigenvalue weighted by atomic mass is 32.1. The zero-order chi connectivity index (χ0) is 17.4. The molecule has 1 atom stereocenters. The first-order valence-electron chi connectivity index (χ1n) is 7.02. The van der Waals surface area contributed by atoms with Crippen molar-refractivity contribution in [3.63, 3.8) is 0 Å². The Morgan fingerprint density at radius 3 is 2.70 bits per heavy atom. The van der Waals surface area contributed by atoms with Crippen molar-refractivity contribution in [2.45, 2.75) is 39.3 Å². The summed E-state index contributed by atoms with van der Waals surface area (Å²) in [5.74, 6) is -0.485. The number of rotatable bonds is 2. The van der Waals surface area contributed by atoms with Crippen molar-refractivity contribution in [2.24, 2.45) is 0 Å². The number of ether oxygens (including phenoxy) is 1. The number of hydrogen-bond donors (Lipinski definition) is 2. The molecule has 1 aromatic carbocycles. The molecule has 1 heterocycles. The highest BCUT2D eigenvalue weighted by Crippen LogP contribution is 2.13. The molecule has 124 valence electrons. The highest BCUT2D eigenvalue weighted by molar-refractivity contribution is 7.80. The number of aromatic nitrogens is 2. The van der Waals surface area contributed by atoms with Crippen molar-refractivity contribution >= 4 is 34.3 Å². The Labute approximate surface area is 137 Å². The van der Waals surface area contributed by atoms with Crippen LogP contribution in [-0.4, -0.2) is 32.3 Å². The predicted molar refractivity (Wildman–Crippen MR) is 89.3 cm³/mol. The van der Waals surface area contributed by atoms with Crippen LogP contribution in [0.25, 0.3) is 11.0 Å². The molecule has 6 nitrogen and oxygen atoms in total. The van der Waals surface area contributed by atoms with Crippen LogP contribution >= 0.6 is 12.2 Å². The lowest BCUT2D eigenvalue weighted by molar-refractivity contribution is 0.0521. The van der Waals surface area contributed by atoms with Crippen molar-refractivity contribution in [1.29, 1.82) is 0 Å². The summed E-state index contributed by atoms with van der Waals surface area (Å²) < 4.78 is 19.7. The van der Waals surface area contributed by atoms with Crippen LogP contribution in [0.15, 0.2) is 23.0 Å². The molecular weight excluding hydrogens is 321 g/mol. The highest BCUT2D eigenvalue weighted by Gasteiger charge is 2.22. The number of amides is 1. The third-order valence-electron chi connectivity index (χ3n) is 2.97. The van der Waals surface area contributed by atoms with Gasteiger partial charge in [-0.25, -0.2) is 14.0 Å². The van der Waals surface area contributed by atoms with E-state index >= 15 is 0 Å². The fraction of sp³-hybridized carbons (Fsp3) is 0.400. The summed E-state index contributed by atoms with van der Waals surface area (Å²) in [7, 11) is 0. The smallest absolute Gasteiger partial charge is 0.408 e. The summed E-state index contributed by atoms with van der Waals surface area (Å²) in [5, 5.41) is 2.56. The Morgan fingerprint density at radius 1 is 1.43 bits per heavy atom. The number of benzene rings is 1. The van der Waals surface area contributed by atoms with Crippen LogP contribution in [0.5, 0.6) is 0 Å². The molecule has 0 aliphatic rings. The number of fused-ring (bicyclic) bond motifs is 1. The van der Waals surface area contributed by atoms with Gasteiger partial charge in [0.2, 0.25) is 0 Å². The number of nitrogens with zero attached hydrogens (tertiary/aromatic N) is 1. The average molecular weight is 339 g/mol. The third kappa shape index (κ3) is 3.95. The first-order valence-corrected chi connectivity index (χ1v) is 7.43. The minimum absolute atomic E-state index is 0.137. The van der Waals surface area contributed by atoms with Crippen molar-refractivity contribution in [3.8, 4) is 0 Å². The molecule has 8 heteroatoms. The number of halogens is 1. The number of imidazole rings is 1. The number of thiocarbonyl (C=S) groups is 1. The van der Waals surface area contributed by atoms with Crippen molar-refractivity contribution in [1.82, 2.24) is 14.9 Å². The Bertz CT molecular complexity index is 819. The van der Waals surface area contributed by atoms with Crippen LogP contribution < -0.4 is 11.0 Å². The van der Waals surface area contributed by atoms with E-state index < -0.39 is 29.2 Å². The number of carbonyl (C=O) groups excluding carboxylic acids is 1. The van der Waals surface area contributed by atoms with E-state index in [9.17, 15) is 14.0 Å². The molecule has 1 amide bonds. The number of hydrogen-bond acceptors (Lipinski definition) is 4. The van der Waals surface area contributed by atoms with Crippen molar-refractivity contribution in [2.75, 3.05) is 0 Å². The molecule has 2 N–H and O–H groups in total. The first kappa shape index (κ1) is 17.1. The van der Waals surface area contributed by atoms with Crippen LogP contribution in [0.1, 0.15) is 27.7 Å². The molecule has 0 spiro atoms. The quantitative estimate of drug-likeness (QED) is 0.825. The standard InChI is InChI=1S/C15H18FN3O3S/c1-8(17-14(21)22-15(2,3)4)12(23)19-11-7-9(16)5-6-10(11)18-13(19)20/h5-8H,1-4H3,(H,17,21)(H,18,20)/t8-/m0/s1. The summed E-state index contributed by atoms with van der Waals surface area (Å²) >= 11 is 5.27. The van der Waals surface area contributed by atoms with Gasteiger partial charge in [0.1, 0.15) is 16.4 Å². The van der Waals surface area contributed by atoms with Gasteiger partial charge in [-0.2, -0.15) is 0 Å². The van der Waals surface area contributed by atoms with E-state index in [0.717, 1.165) is 4.57 Å². The molecule has 0 aliphatic carbocycles. The average Bonchev–Trinajstić information content (AvgIpc) is 2.70. The zero-order valence-corrected chi connectivity index (χ0v) is 14.1. The largest absolute Gasteiger partial charge is 0.444 e. The lowest BCUT2D eigenvalue weighted by Gasteiger charge is -2.22. The van der Waals surface area contributed by atoms with E-state index in [0.29, 0.717) is 11.0 Å². The summed E-state index contributed by atoms with van der Waals surface area (Å²) in [6.45, 7) is 6.84. The molecule has 0 aliphatic heterocycles. The maximum absolute atomic E-state index is 13.4. The Kier molecular flexibility index (Phi) is 4.56. The molecule has 1 aromatic heterocycles. The monoisotopic (exact) mass is 339 g/mol. The predicted octanol–water partition coefficient (Wildman–Crippen LogP) is 2.56. The van der Waals surface area contributed by atoms with Gasteiger partial charge in [-0.1, -0.05) is 12.2 Å². The van der Waals surface area contributed by atoms with E-state index in [-0.39, 0.29) is 4.99 Å².